The Labute approximate surface area is 275 Å². The van der Waals surface area contributed by atoms with Crippen LogP contribution < -0.4 is 21.4 Å². The van der Waals surface area contributed by atoms with Gasteiger partial charge in [0.05, 0.1) is 31.5 Å². The molecule has 4 amide bonds. The van der Waals surface area contributed by atoms with Crippen LogP contribution in [0.1, 0.15) is 77.3 Å². The van der Waals surface area contributed by atoms with E-state index in [0.29, 0.717) is 25.1 Å². The molecule has 13 heteroatoms. The Morgan fingerprint density at radius 3 is 2.53 bits per heavy atom. The van der Waals surface area contributed by atoms with Gasteiger partial charge in [0.1, 0.15) is 23.8 Å². The summed E-state index contributed by atoms with van der Waals surface area (Å²) >= 11 is 0. The van der Waals surface area contributed by atoms with Crippen LogP contribution in [0, 0.1) is 12.3 Å². The van der Waals surface area contributed by atoms with E-state index in [1.54, 1.807) is 0 Å². The van der Waals surface area contributed by atoms with Gasteiger partial charge in [-0.1, -0.05) is 57.9 Å². The van der Waals surface area contributed by atoms with Gasteiger partial charge in [-0.2, -0.15) is 0 Å². The summed E-state index contributed by atoms with van der Waals surface area (Å²) in [7, 11) is 0. The van der Waals surface area contributed by atoms with Gasteiger partial charge in [-0.15, -0.1) is 0 Å². The van der Waals surface area contributed by atoms with Gasteiger partial charge in [0.15, 0.2) is 0 Å². The van der Waals surface area contributed by atoms with Crippen molar-refractivity contribution in [1.82, 2.24) is 26.3 Å². The van der Waals surface area contributed by atoms with E-state index in [0.717, 1.165) is 24.0 Å². The number of hydrogen-bond acceptors (Lipinski definition) is 9. The maximum absolute atomic E-state index is 14.4. The lowest BCUT2D eigenvalue weighted by Gasteiger charge is -2.35. The van der Waals surface area contributed by atoms with Crippen LogP contribution in [0.2, 0.25) is 0 Å². The third-order valence-corrected chi connectivity index (χ3v) is 8.92. The van der Waals surface area contributed by atoms with E-state index in [2.05, 4.69) is 21.4 Å². The van der Waals surface area contributed by atoms with Crippen LogP contribution in [-0.4, -0.2) is 90.1 Å². The molecule has 1 aromatic carbocycles. The molecule has 0 radical (unpaired) electrons. The molecule has 2 saturated heterocycles. The number of hydrogen-bond donors (Lipinski definition) is 4. The lowest BCUT2D eigenvalue weighted by molar-refractivity contribution is -0.144. The normalized spacial score (nSPS) is 25.0. The van der Waals surface area contributed by atoms with Crippen LogP contribution in [0.15, 0.2) is 30.3 Å². The van der Waals surface area contributed by atoms with Crippen molar-refractivity contribution in [3.8, 4) is 0 Å². The van der Waals surface area contributed by atoms with Crippen molar-refractivity contribution in [2.45, 2.75) is 109 Å². The first-order valence-corrected chi connectivity index (χ1v) is 16.5. The van der Waals surface area contributed by atoms with E-state index in [4.69, 9.17) is 14.3 Å². The number of nitrogens with one attached hydrogen (secondary N) is 4. The van der Waals surface area contributed by atoms with Crippen molar-refractivity contribution >= 4 is 35.3 Å². The number of hydroxylamine groups is 1. The van der Waals surface area contributed by atoms with Gasteiger partial charge in [0.2, 0.25) is 17.6 Å². The molecule has 3 fully saturated rings. The number of carbonyl (C=O) groups excluding carboxylic acids is 5. The molecule has 4 N–H and O–H groups in total. The van der Waals surface area contributed by atoms with E-state index in [9.17, 15) is 24.0 Å². The molecule has 1 spiro atoms. The number of ketones is 1. The standard InChI is InChI=1S/C34H47N5O8/c1-6-8-24(27(40)30(42)35-22-11-12-22)36-29(41)26-17-34(16-25(38-47-34)21-10-7-9-20(2)15-21)19-39(26)31(43)28(33(3,4)5)37-32(44)46-23-13-14-45-18-23/h7,9-10,15-16,22-24,26,28,38H,6,8,11-14,17-19H2,1-5H3,(H,35,42)(H,36,41)(H,37,44)/t23-,24-,26-,28+,34+/m0/s1. The second-order valence-corrected chi connectivity index (χ2v) is 14.2. The molecule has 4 aliphatic rings. The maximum Gasteiger partial charge on any atom is 0.408 e. The molecular weight excluding hydrogens is 606 g/mol. The molecule has 256 valence electrons. The summed E-state index contributed by atoms with van der Waals surface area (Å²) in [4.78, 5) is 74.7. The highest BCUT2D eigenvalue weighted by Gasteiger charge is 2.54. The Hall–Kier alpha value is -3.97. The zero-order valence-corrected chi connectivity index (χ0v) is 27.9. The van der Waals surface area contributed by atoms with Gasteiger partial charge in [-0.3, -0.25) is 29.5 Å². The predicted molar refractivity (Wildman–Crippen MR) is 171 cm³/mol. The number of Topliss-reactive ketones (excluding diaryl/α,β-unsaturated/α-hetero) is 1. The highest BCUT2D eigenvalue weighted by atomic mass is 16.7. The van der Waals surface area contributed by atoms with Gasteiger partial charge < -0.3 is 30.3 Å². The molecular formula is C34H47N5O8. The number of aryl methyl sites for hydroxylation is 1. The predicted octanol–water partition coefficient (Wildman–Crippen LogP) is 2.27. The number of likely N-dealkylation sites (tertiary alicyclic amines) is 1. The molecule has 5 atom stereocenters. The minimum atomic E-state index is -1.07. The fourth-order valence-electron chi connectivity index (χ4n) is 6.17. The molecule has 13 nitrogen and oxygen atoms in total. The number of rotatable bonds is 11. The van der Waals surface area contributed by atoms with E-state index in [1.165, 1.54) is 4.90 Å². The van der Waals surface area contributed by atoms with E-state index < -0.39 is 64.8 Å². The van der Waals surface area contributed by atoms with Crippen LogP contribution in [0.5, 0.6) is 0 Å². The highest BCUT2D eigenvalue weighted by molar-refractivity contribution is 6.38. The summed E-state index contributed by atoms with van der Waals surface area (Å²) in [5.41, 5.74) is 3.78. The maximum atomic E-state index is 14.4. The van der Waals surface area contributed by atoms with Crippen LogP contribution in [-0.2, 0) is 33.5 Å². The number of ether oxygens (including phenoxy) is 2. The molecule has 47 heavy (non-hydrogen) atoms. The van der Waals surface area contributed by atoms with Crippen molar-refractivity contribution in [3.63, 3.8) is 0 Å². The summed E-state index contributed by atoms with van der Waals surface area (Å²) in [6.45, 7) is 10.1. The van der Waals surface area contributed by atoms with Crippen LogP contribution in [0.3, 0.4) is 0 Å². The first-order valence-electron chi connectivity index (χ1n) is 16.5. The van der Waals surface area contributed by atoms with Gasteiger partial charge in [0.25, 0.3) is 5.91 Å². The summed E-state index contributed by atoms with van der Waals surface area (Å²) in [5.74, 6) is -2.52. The van der Waals surface area contributed by atoms with Crippen LogP contribution >= 0.6 is 0 Å². The second-order valence-electron chi connectivity index (χ2n) is 14.2. The number of amides is 4. The third kappa shape index (κ3) is 8.31. The Morgan fingerprint density at radius 2 is 1.89 bits per heavy atom. The fraction of sp³-hybridized carbons (Fsp3) is 0.618. The molecule has 0 unspecified atom stereocenters. The average molecular weight is 654 g/mol. The minimum Gasteiger partial charge on any atom is -0.444 e. The van der Waals surface area contributed by atoms with Crippen LogP contribution in [0.4, 0.5) is 4.79 Å². The lowest BCUT2D eigenvalue weighted by atomic mass is 9.85. The smallest absolute Gasteiger partial charge is 0.408 e. The Balaban J connectivity index is 1.41. The molecule has 5 rings (SSSR count). The fourth-order valence-corrected chi connectivity index (χ4v) is 6.17. The SMILES string of the molecule is CCC[C@H](NC(=O)[C@@H]1C[C@]2(C=C(c3cccc(C)c3)NO2)CN1C(=O)[C@@H](NC(=O)O[C@H]1CCOC1)C(C)(C)C)C(=O)C(=O)NC1CC1. The monoisotopic (exact) mass is 653 g/mol. The molecule has 3 aliphatic heterocycles. The van der Waals surface area contributed by atoms with Crippen LogP contribution in [0.25, 0.3) is 5.70 Å². The molecule has 0 bridgehead atoms. The molecule has 1 aromatic rings. The summed E-state index contributed by atoms with van der Waals surface area (Å²) in [5, 5.41) is 8.22. The molecule has 1 saturated carbocycles. The number of alkyl carbamates (subject to hydrolysis) is 1. The number of carbonyl (C=O) groups is 5. The topological polar surface area (TPSA) is 164 Å². The Bertz CT molecular complexity index is 1410. The van der Waals surface area contributed by atoms with E-state index in [1.807, 2.05) is 65.0 Å². The van der Waals surface area contributed by atoms with Crippen molar-refractivity contribution in [1.29, 1.82) is 0 Å². The third-order valence-electron chi connectivity index (χ3n) is 8.92. The van der Waals surface area contributed by atoms with Gasteiger partial charge in [-0.25, -0.2) is 4.79 Å². The average Bonchev–Trinajstić information content (AvgIpc) is 3.37. The Kier molecular flexibility index (Phi) is 10.3. The first kappa shape index (κ1) is 34.4. The molecule has 1 aliphatic carbocycles. The van der Waals surface area contributed by atoms with Crippen molar-refractivity contribution < 1.29 is 38.3 Å². The molecule has 3 heterocycles. The largest absolute Gasteiger partial charge is 0.444 e. The quantitative estimate of drug-likeness (QED) is 0.262. The summed E-state index contributed by atoms with van der Waals surface area (Å²) in [6, 6.07) is 4.65. The van der Waals surface area contributed by atoms with E-state index in [-0.39, 0.29) is 32.0 Å². The first-order chi connectivity index (χ1) is 22.3. The second kappa shape index (κ2) is 14.0. The zero-order chi connectivity index (χ0) is 33.9. The van der Waals surface area contributed by atoms with Crippen molar-refractivity contribution in [3.05, 3.63) is 41.5 Å². The number of benzene rings is 1. The Morgan fingerprint density at radius 1 is 1.13 bits per heavy atom. The van der Waals surface area contributed by atoms with Crippen molar-refractivity contribution in [2.24, 2.45) is 5.41 Å². The summed E-state index contributed by atoms with van der Waals surface area (Å²) < 4.78 is 10.8. The zero-order valence-electron chi connectivity index (χ0n) is 27.9. The highest BCUT2D eigenvalue weighted by Crippen LogP contribution is 2.39. The summed E-state index contributed by atoms with van der Waals surface area (Å²) in [6.07, 6.45) is 3.80. The van der Waals surface area contributed by atoms with Gasteiger partial charge in [0, 0.05) is 18.9 Å². The lowest BCUT2D eigenvalue weighted by Crippen LogP contribution is -2.59. The van der Waals surface area contributed by atoms with E-state index >= 15 is 0 Å². The van der Waals surface area contributed by atoms with Gasteiger partial charge >= 0.3 is 6.09 Å². The molecule has 0 aromatic heterocycles. The van der Waals surface area contributed by atoms with Crippen molar-refractivity contribution in [2.75, 3.05) is 19.8 Å². The van der Waals surface area contributed by atoms with Gasteiger partial charge in [-0.05, 0) is 49.3 Å². The minimum absolute atomic E-state index is 0.000561. The number of nitrogens with zero attached hydrogens (tertiary/aromatic N) is 1.